The van der Waals surface area contributed by atoms with E-state index in [1.165, 1.54) is 4.88 Å². The second-order valence-corrected chi connectivity index (χ2v) is 4.98. The molecule has 3 nitrogen and oxygen atoms in total. The lowest BCUT2D eigenvalue weighted by molar-refractivity contribution is 0.640. The molecule has 2 heterocycles. The van der Waals surface area contributed by atoms with Crippen molar-refractivity contribution in [3.05, 3.63) is 39.6 Å². The molecule has 0 saturated heterocycles. The minimum Gasteiger partial charge on any atom is -0.321 e. The van der Waals surface area contributed by atoms with E-state index in [2.05, 4.69) is 27.8 Å². The van der Waals surface area contributed by atoms with Crippen molar-refractivity contribution < 1.29 is 0 Å². The largest absolute Gasteiger partial charge is 0.321 e. The van der Waals surface area contributed by atoms with E-state index in [9.17, 15) is 0 Å². The average Bonchev–Trinajstić information content (AvgIpc) is 2.88. The summed E-state index contributed by atoms with van der Waals surface area (Å²) in [7, 11) is 1.92. The number of halogens is 1. The highest BCUT2D eigenvalue weighted by Gasteiger charge is 2.03. The Bertz CT molecular complexity index is 436. The lowest BCUT2D eigenvalue weighted by Gasteiger charge is -2.04. The standard InChI is InChI=1S/C11H14ClN3S/c1-15-10(12)7-14-11(15)8-13-5-4-9-3-2-6-16-9/h2-3,6-7,13H,4-5,8H2,1H3. The molecule has 0 aliphatic carbocycles. The second kappa shape index (κ2) is 5.48. The highest BCUT2D eigenvalue weighted by molar-refractivity contribution is 7.09. The van der Waals surface area contributed by atoms with Crippen molar-refractivity contribution >= 4 is 22.9 Å². The zero-order chi connectivity index (χ0) is 11.4. The fraction of sp³-hybridized carbons (Fsp3) is 0.364. The number of nitrogens with zero attached hydrogens (tertiary/aromatic N) is 2. The highest BCUT2D eigenvalue weighted by Crippen LogP contribution is 2.09. The molecule has 0 aliphatic rings. The molecule has 0 atom stereocenters. The van der Waals surface area contributed by atoms with Crippen LogP contribution in [-0.2, 0) is 20.0 Å². The SMILES string of the molecule is Cn1c(Cl)cnc1CNCCc1cccs1. The first kappa shape index (κ1) is 11.6. The van der Waals surface area contributed by atoms with Crippen molar-refractivity contribution in [3.8, 4) is 0 Å². The topological polar surface area (TPSA) is 29.9 Å². The maximum absolute atomic E-state index is 5.90. The van der Waals surface area contributed by atoms with Crippen LogP contribution in [0.5, 0.6) is 0 Å². The molecule has 16 heavy (non-hydrogen) atoms. The summed E-state index contributed by atoms with van der Waals surface area (Å²) in [5, 5.41) is 6.14. The summed E-state index contributed by atoms with van der Waals surface area (Å²) in [4.78, 5) is 5.63. The zero-order valence-corrected chi connectivity index (χ0v) is 10.7. The predicted octanol–water partition coefficient (Wildman–Crippen LogP) is 2.47. The number of nitrogens with one attached hydrogen (secondary N) is 1. The van der Waals surface area contributed by atoms with Gasteiger partial charge in [-0.15, -0.1) is 11.3 Å². The Hall–Kier alpha value is -0.840. The number of hydrogen-bond acceptors (Lipinski definition) is 3. The Balaban J connectivity index is 1.74. The lowest BCUT2D eigenvalue weighted by atomic mass is 10.3. The molecule has 2 aromatic heterocycles. The van der Waals surface area contributed by atoms with Gasteiger partial charge < -0.3 is 9.88 Å². The van der Waals surface area contributed by atoms with E-state index >= 15 is 0 Å². The summed E-state index contributed by atoms with van der Waals surface area (Å²) < 4.78 is 1.89. The maximum atomic E-state index is 5.90. The van der Waals surface area contributed by atoms with Crippen molar-refractivity contribution in [1.82, 2.24) is 14.9 Å². The maximum Gasteiger partial charge on any atom is 0.128 e. The Morgan fingerprint density at radius 1 is 1.56 bits per heavy atom. The second-order valence-electron chi connectivity index (χ2n) is 3.56. The van der Waals surface area contributed by atoms with Gasteiger partial charge in [0.2, 0.25) is 0 Å². The Labute approximate surface area is 104 Å². The molecule has 0 saturated carbocycles. The van der Waals surface area contributed by atoms with E-state index in [1.807, 2.05) is 11.6 Å². The Morgan fingerprint density at radius 3 is 3.06 bits per heavy atom. The molecule has 5 heteroatoms. The van der Waals surface area contributed by atoms with Crippen molar-refractivity contribution in [2.45, 2.75) is 13.0 Å². The molecule has 0 aromatic carbocycles. The average molecular weight is 256 g/mol. The monoisotopic (exact) mass is 255 g/mol. The van der Waals surface area contributed by atoms with Crippen LogP contribution in [0, 0.1) is 0 Å². The summed E-state index contributed by atoms with van der Waals surface area (Å²) >= 11 is 7.69. The van der Waals surface area contributed by atoms with Gasteiger partial charge in [0, 0.05) is 18.5 Å². The van der Waals surface area contributed by atoms with Gasteiger partial charge in [0.15, 0.2) is 0 Å². The van der Waals surface area contributed by atoms with Crippen LogP contribution in [0.3, 0.4) is 0 Å². The van der Waals surface area contributed by atoms with E-state index in [4.69, 9.17) is 11.6 Å². The molecule has 86 valence electrons. The fourth-order valence-corrected chi connectivity index (χ4v) is 2.31. The number of imidazole rings is 1. The summed E-state index contributed by atoms with van der Waals surface area (Å²) in [5.41, 5.74) is 0. The fourth-order valence-electron chi connectivity index (χ4n) is 1.46. The molecule has 1 N–H and O–H groups in total. The third-order valence-electron chi connectivity index (χ3n) is 2.44. The van der Waals surface area contributed by atoms with Crippen LogP contribution < -0.4 is 5.32 Å². The number of hydrogen-bond donors (Lipinski definition) is 1. The Kier molecular flexibility index (Phi) is 3.98. The van der Waals surface area contributed by atoms with E-state index in [0.29, 0.717) is 5.15 Å². The van der Waals surface area contributed by atoms with E-state index in [1.54, 1.807) is 17.5 Å². The van der Waals surface area contributed by atoms with Crippen LogP contribution in [0.4, 0.5) is 0 Å². The van der Waals surface area contributed by atoms with E-state index in [0.717, 1.165) is 25.3 Å². The first-order valence-corrected chi connectivity index (χ1v) is 6.42. The summed E-state index contributed by atoms with van der Waals surface area (Å²) in [5.74, 6) is 0.969. The first-order valence-electron chi connectivity index (χ1n) is 5.16. The molecular formula is C11H14ClN3S. The highest BCUT2D eigenvalue weighted by atomic mass is 35.5. The third kappa shape index (κ3) is 2.84. The molecule has 0 aliphatic heterocycles. The molecule has 0 radical (unpaired) electrons. The quantitative estimate of drug-likeness (QED) is 0.832. The normalized spacial score (nSPS) is 10.9. The van der Waals surface area contributed by atoms with Gasteiger partial charge in [0.25, 0.3) is 0 Å². The minimum absolute atomic E-state index is 0.676. The van der Waals surface area contributed by atoms with Crippen molar-refractivity contribution in [2.24, 2.45) is 7.05 Å². The van der Waals surface area contributed by atoms with Gasteiger partial charge in [0.1, 0.15) is 11.0 Å². The van der Waals surface area contributed by atoms with Gasteiger partial charge in [-0.1, -0.05) is 17.7 Å². The van der Waals surface area contributed by atoms with Crippen LogP contribution in [0.2, 0.25) is 5.15 Å². The van der Waals surface area contributed by atoms with Gasteiger partial charge in [-0.05, 0) is 17.9 Å². The molecule has 0 unspecified atom stereocenters. The molecule has 2 aromatic rings. The van der Waals surface area contributed by atoms with Gasteiger partial charge in [-0.3, -0.25) is 0 Å². The van der Waals surface area contributed by atoms with E-state index < -0.39 is 0 Å². The first-order chi connectivity index (χ1) is 7.77. The van der Waals surface area contributed by atoms with Crippen LogP contribution in [-0.4, -0.2) is 16.1 Å². The number of rotatable bonds is 5. The van der Waals surface area contributed by atoms with Gasteiger partial charge in [0.05, 0.1) is 12.7 Å². The summed E-state index contributed by atoms with van der Waals surface area (Å²) in [6, 6.07) is 4.24. The summed E-state index contributed by atoms with van der Waals surface area (Å²) in [6.45, 7) is 1.72. The van der Waals surface area contributed by atoms with Crippen LogP contribution >= 0.6 is 22.9 Å². The molecule has 2 rings (SSSR count). The predicted molar refractivity (Wildman–Crippen MR) is 67.9 cm³/mol. The van der Waals surface area contributed by atoms with Crippen LogP contribution in [0.1, 0.15) is 10.7 Å². The smallest absolute Gasteiger partial charge is 0.128 e. The zero-order valence-electron chi connectivity index (χ0n) is 9.11. The lowest BCUT2D eigenvalue weighted by Crippen LogP contribution is -2.18. The molecular weight excluding hydrogens is 242 g/mol. The Morgan fingerprint density at radius 2 is 2.44 bits per heavy atom. The van der Waals surface area contributed by atoms with Gasteiger partial charge in [-0.2, -0.15) is 0 Å². The summed E-state index contributed by atoms with van der Waals surface area (Å²) in [6.07, 6.45) is 2.74. The van der Waals surface area contributed by atoms with Crippen molar-refractivity contribution in [2.75, 3.05) is 6.54 Å². The van der Waals surface area contributed by atoms with Gasteiger partial charge >= 0.3 is 0 Å². The number of aromatic nitrogens is 2. The van der Waals surface area contributed by atoms with Crippen molar-refractivity contribution in [1.29, 1.82) is 0 Å². The molecule has 0 amide bonds. The minimum atomic E-state index is 0.676. The molecule has 0 fully saturated rings. The molecule has 0 bridgehead atoms. The van der Waals surface area contributed by atoms with Crippen LogP contribution in [0.15, 0.2) is 23.7 Å². The van der Waals surface area contributed by atoms with Gasteiger partial charge in [-0.25, -0.2) is 4.98 Å². The van der Waals surface area contributed by atoms with Crippen LogP contribution in [0.25, 0.3) is 0 Å². The molecule has 0 spiro atoms. The van der Waals surface area contributed by atoms with Crippen molar-refractivity contribution in [3.63, 3.8) is 0 Å². The third-order valence-corrected chi connectivity index (χ3v) is 3.73. The number of thiophene rings is 1. The van der Waals surface area contributed by atoms with E-state index in [-0.39, 0.29) is 0 Å².